The number of hydrogen-bond acceptors (Lipinski definition) is 7. The molecule has 0 spiro atoms. The van der Waals surface area contributed by atoms with E-state index in [2.05, 4.69) is 25.9 Å². The number of fused-ring (bicyclic) bond motifs is 1. The lowest BCUT2D eigenvalue weighted by atomic mass is 10.1. The molecule has 1 amide bonds. The van der Waals surface area contributed by atoms with Gasteiger partial charge in [-0.25, -0.2) is 9.18 Å². The number of carbonyl (C=O) groups excluding carboxylic acids is 1. The van der Waals surface area contributed by atoms with E-state index in [1.54, 1.807) is 0 Å². The van der Waals surface area contributed by atoms with E-state index in [0.717, 1.165) is 16.8 Å². The molecule has 11 heteroatoms. The van der Waals surface area contributed by atoms with Crippen LogP contribution in [0.15, 0.2) is 24.3 Å². The van der Waals surface area contributed by atoms with Crippen LogP contribution < -0.4 is 10.1 Å². The highest BCUT2D eigenvalue weighted by atomic mass is 19.1. The lowest BCUT2D eigenvalue weighted by Crippen LogP contribution is -2.18. The first-order valence-corrected chi connectivity index (χ1v) is 6.47. The van der Waals surface area contributed by atoms with Crippen LogP contribution in [0.3, 0.4) is 0 Å². The van der Waals surface area contributed by atoms with E-state index in [0.29, 0.717) is 5.65 Å². The fourth-order valence-electron chi connectivity index (χ4n) is 1.95. The molecule has 0 aliphatic rings. The summed E-state index contributed by atoms with van der Waals surface area (Å²) in [6.07, 6.45) is 0. The lowest BCUT2D eigenvalue weighted by Gasteiger charge is -2.11. The van der Waals surface area contributed by atoms with Gasteiger partial charge >= 0.3 is 5.97 Å². The van der Waals surface area contributed by atoms with Crippen molar-refractivity contribution in [1.29, 1.82) is 0 Å². The highest BCUT2D eigenvalue weighted by molar-refractivity contribution is 6.07. The number of aromatic nitrogens is 5. The van der Waals surface area contributed by atoms with E-state index >= 15 is 0 Å². The molecule has 0 radical (unpaired) electrons. The average Bonchev–Trinajstić information content (AvgIpc) is 3.03. The Morgan fingerprint density at radius 2 is 2.12 bits per heavy atom. The highest BCUT2D eigenvalue weighted by Gasteiger charge is 2.19. The summed E-state index contributed by atoms with van der Waals surface area (Å²) in [6.45, 7) is 0. The summed E-state index contributed by atoms with van der Waals surface area (Å²) < 4.78 is 19.5. The molecule has 24 heavy (non-hydrogen) atoms. The fourth-order valence-corrected chi connectivity index (χ4v) is 1.95. The molecule has 0 fully saturated rings. The number of benzene rings is 1. The SMILES string of the molecule is COc1cc(NC(=O)c2ccc3nnnn3n2)c(C(=O)O)cc1F. The standard InChI is InChI=1S/C13H9FN6O4/c1-24-10-5-9(6(13(22)23)4-7(10)14)15-12(21)8-2-3-11-16-18-19-20(11)17-8/h2-5H,1H3,(H,15,21)(H,22,23). The molecule has 122 valence electrons. The number of halogens is 1. The third kappa shape index (κ3) is 2.69. The average molecular weight is 332 g/mol. The van der Waals surface area contributed by atoms with Crippen LogP contribution >= 0.6 is 0 Å². The van der Waals surface area contributed by atoms with Gasteiger partial charge in [-0.05, 0) is 28.6 Å². The zero-order chi connectivity index (χ0) is 17.3. The number of rotatable bonds is 4. The van der Waals surface area contributed by atoms with E-state index in [4.69, 9.17) is 9.84 Å². The number of nitrogens with one attached hydrogen (secondary N) is 1. The lowest BCUT2D eigenvalue weighted by molar-refractivity contribution is 0.0697. The Hall–Kier alpha value is -3.63. The summed E-state index contributed by atoms with van der Waals surface area (Å²) >= 11 is 0. The van der Waals surface area contributed by atoms with Crippen LogP contribution in [0.4, 0.5) is 10.1 Å². The minimum atomic E-state index is -1.41. The van der Waals surface area contributed by atoms with E-state index in [1.165, 1.54) is 19.2 Å². The molecule has 0 aliphatic carbocycles. The Morgan fingerprint density at radius 3 is 2.83 bits per heavy atom. The van der Waals surface area contributed by atoms with Gasteiger partial charge in [0.2, 0.25) is 0 Å². The maximum Gasteiger partial charge on any atom is 0.337 e. The maximum atomic E-state index is 13.7. The number of methoxy groups -OCH3 is 1. The smallest absolute Gasteiger partial charge is 0.337 e. The third-order valence-electron chi connectivity index (χ3n) is 3.07. The molecule has 0 aliphatic heterocycles. The van der Waals surface area contributed by atoms with Crippen molar-refractivity contribution in [3.05, 3.63) is 41.3 Å². The van der Waals surface area contributed by atoms with E-state index in [-0.39, 0.29) is 17.1 Å². The van der Waals surface area contributed by atoms with Crippen LogP contribution in [-0.2, 0) is 0 Å². The predicted molar refractivity (Wildman–Crippen MR) is 76.4 cm³/mol. The van der Waals surface area contributed by atoms with Crippen molar-refractivity contribution >= 4 is 23.2 Å². The van der Waals surface area contributed by atoms with Gasteiger partial charge in [0.15, 0.2) is 22.9 Å². The van der Waals surface area contributed by atoms with Crippen molar-refractivity contribution < 1.29 is 23.8 Å². The van der Waals surface area contributed by atoms with Crippen molar-refractivity contribution in [3.63, 3.8) is 0 Å². The first-order valence-electron chi connectivity index (χ1n) is 6.47. The molecule has 2 heterocycles. The van der Waals surface area contributed by atoms with Crippen molar-refractivity contribution in [2.24, 2.45) is 0 Å². The number of hydrogen-bond donors (Lipinski definition) is 2. The summed E-state index contributed by atoms with van der Waals surface area (Å²) in [5.74, 6) is -3.19. The zero-order valence-electron chi connectivity index (χ0n) is 12.1. The maximum absolute atomic E-state index is 13.7. The minimum absolute atomic E-state index is 0.0607. The molecular formula is C13H9FN6O4. The molecule has 0 saturated heterocycles. The summed E-state index contributed by atoms with van der Waals surface area (Å²) in [4.78, 5) is 23.5. The first-order chi connectivity index (χ1) is 11.5. The highest BCUT2D eigenvalue weighted by Crippen LogP contribution is 2.26. The van der Waals surface area contributed by atoms with Gasteiger partial charge in [-0.3, -0.25) is 4.79 Å². The number of carboxylic acid groups (broad SMARTS) is 1. The summed E-state index contributed by atoms with van der Waals surface area (Å²) in [6, 6.07) is 4.66. The Balaban J connectivity index is 1.97. The number of carbonyl (C=O) groups is 2. The number of aromatic carboxylic acids is 1. The molecule has 2 N–H and O–H groups in total. The number of tetrazole rings is 1. The van der Waals surface area contributed by atoms with Crippen molar-refractivity contribution in [3.8, 4) is 5.75 Å². The molecular weight excluding hydrogens is 323 g/mol. The summed E-state index contributed by atoms with van der Waals surface area (Å²) in [5, 5.41) is 26.0. The van der Waals surface area contributed by atoms with E-state index in [1.807, 2.05) is 0 Å². The van der Waals surface area contributed by atoms with Gasteiger partial charge in [-0.15, -0.1) is 14.8 Å². The monoisotopic (exact) mass is 332 g/mol. The Kier molecular flexibility index (Phi) is 3.74. The quantitative estimate of drug-likeness (QED) is 0.710. The van der Waals surface area contributed by atoms with Gasteiger partial charge < -0.3 is 15.2 Å². The van der Waals surface area contributed by atoms with Crippen LogP contribution in [-0.4, -0.2) is 49.3 Å². The van der Waals surface area contributed by atoms with E-state index in [9.17, 15) is 14.0 Å². The number of nitrogens with zero attached hydrogens (tertiary/aromatic N) is 5. The Labute approximate surface area is 132 Å². The van der Waals surface area contributed by atoms with E-state index < -0.39 is 23.3 Å². The number of ether oxygens (including phenoxy) is 1. The molecule has 0 unspecified atom stereocenters. The zero-order valence-corrected chi connectivity index (χ0v) is 12.1. The third-order valence-corrected chi connectivity index (χ3v) is 3.07. The van der Waals surface area contributed by atoms with Crippen molar-refractivity contribution in [1.82, 2.24) is 25.3 Å². The Morgan fingerprint density at radius 1 is 1.33 bits per heavy atom. The van der Waals surface area contributed by atoms with Crippen LogP contribution in [0.5, 0.6) is 5.75 Å². The van der Waals surface area contributed by atoms with Gasteiger partial charge in [0.1, 0.15) is 0 Å². The van der Waals surface area contributed by atoms with Gasteiger partial charge in [-0.1, -0.05) is 0 Å². The van der Waals surface area contributed by atoms with Crippen LogP contribution in [0.2, 0.25) is 0 Å². The van der Waals surface area contributed by atoms with Gasteiger partial charge in [0.05, 0.1) is 18.4 Å². The molecule has 1 aromatic carbocycles. The number of anilines is 1. The molecule has 3 aromatic rings. The predicted octanol–water partition coefficient (Wildman–Crippen LogP) is 0.617. The first kappa shape index (κ1) is 15.3. The largest absolute Gasteiger partial charge is 0.494 e. The van der Waals surface area contributed by atoms with Crippen molar-refractivity contribution in [2.45, 2.75) is 0 Å². The molecule has 0 saturated carbocycles. The van der Waals surface area contributed by atoms with Gasteiger partial charge in [0, 0.05) is 6.07 Å². The fraction of sp³-hybridized carbons (Fsp3) is 0.0769. The molecule has 2 aromatic heterocycles. The van der Waals surface area contributed by atoms with Crippen LogP contribution in [0, 0.1) is 5.82 Å². The van der Waals surface area contributed by atoms with Crippen LogP contribution in [0.25, 0.3) is 5.65 Å². The second kappa shape index (κ2) is 5.87. The number of carboxylic acids is 1. The van der Waals surface area contributed by atoms with Crippen molar-refractivity contribution in [2.75, 3.05) is 12.4 Å². The van der Waals surface area contributed by atoms with Gasteiger partial charge in [0.25, 0.3) is 5.91 Å². The second-order valence-corrected chi connectivity index (χ2v) is 4.54. The second-order valence-electron chi connectivity index (χ2n) is 4.54. The number of amides is 1. The Bertz CT molecular complexity index is 957. The molecule has 10 nitrogen and oxygen atoms in total. The normalized spacial score (nSPS) is 10.6. The van der Waals surface area contributed by atoms with Gasteiger partial charge in [-0.2, -0.15) is 0 Å². The topological polar surface area (TPSA) is 132 Å². The molecule has 0 bridgehead atoms. The van der Waals surface area contributed by atoms with Crippen LogP contribution in [0.1, 0.15) is 20.8 Å². The minimum Gasteiger partial charge on any atom is -0.494 e. The molecule has 3 rings (SSSR count). The molecule has 0 atom stereocenters. The summed E-state index contributed by atoms with van der Waals surface area (Å²) in [7, 11) is 1.22. The summed E-state index contributed by atoms with van der Waals surface area (Å²) in [5.41, 5.74) is -0.287.